The highest BCUT2D eigenvalue weighted by Crippen LogP contribution is 2.20. The number of hydrogen-bond acceptors (Lipinski definition) is 2. The number of benzene rings is 1. The lowest BCUT2D eigenvalue weighted by Gasteiger charge is -2.13. The fourth-order valence-corrected chi connectivity index (χ4v) is 3.20. The third kappa shape index (κ3) is 4.81. The predicted molar refractivity (Wildman–Crippen MR) is 84.6 cm³/mol. The van der Waals surface area contributed by atoms with Crippen molar-refractivity contribution >= 4 is 34.5 Å². The van der Waals surface area contributed by atoms with Crippen molar-refractivity contribution in [3.8, 4) is 0 Å². The van der Waals surface area contributed by atoms with Gasteiger partial charge in [0.2, 0.25) is 0 Å². The molecule has 1 unspecified atom stereocenters. The SMILES string of the molecule is Cc1ccc(NC(=O)C[NH+](C)Cc2ccc(Cl)s2)c(F)c1. The first-order valence-electron chi connectivity index (χ1n) is 6.55. The monoisotopic (exact) mass is 327 g/mol. The number of carbonyl (C=O) groups excluding carboxylic acids is 1. The van der Waals surface area contributed by atoms with Gasteiger partial charge in [-0.2, -0.15) is 0 Å². The van der Waals surface area contributed by atoms with Crippen molar-refractivity contribution in [2.24, 2.45) is 0 Å². The standard InChI is InChI=1S/C15H16ClFN2OS/c1-10-3-5-13(12(17)7-10)18-15(20)9-19(2)8-11-4-6-14(16)21-11/h3-7H,8-9H2,1-2H3,(H,18,20)/p+1. The molecule has 0 aliphatic rings. The molecule has 3 nitrogen and oxygen atoms in total. The molecule has 0 spiro atoms. The van der Waals surface area contributed by atoms with E-state index in [0.29, 0.717) is 6.54 Å². The lowest BCUT2D eigenvalue weighted by atomic mass is 10.2. The van der Waals surface area contributed by atoms with E-state index in [2.05, 4.69) is 5.32 Å². The summed E-state index contributed by atoms with van der Waals surface area (Å²) in [4.78, 5) is 14.1. The van der Waals surface area contributed by atoms with Crippen molar-refractivity contribution in [2.75, 3.05) is 18.9 Å². The maximum Gasteiger partial charge on any atom is 0.279 e. The molecule has 1 atom stereocenters. The van der Waals surface area contributed by atoms with Crippen molar-refractivity contribution in [1.82, 2.24) is 0 Å². The summed E-state index contributed by atoms with van der Waals surface area (Å²) >= 11 is 7.38. The minimum Gasteiger partial charge on any atom is -0.325 e. The van der Waals surface area contributed by atoms with Gasteiger partial charge in [-0.15, -0.1) is 11.3 Å². The van der Waals surface area contributed by atoms with Gasteiger partial charge in [0.1, 0.15) is 12.4 Å². The molecule has 2 N–H and O–H groups in total. The number of thiophene rings is 1. The second kappa shape index (κ2) is 7.02. The van der Waals surface area contributed by atoms with Crippen molar-refractivity contribution < 1.29 is 14.1 Å². The van der Waals surface area contributed by atoms with E-state index in [0.717, 1.165) is 19.7 Å². The van der Waals surface area contributed by atoms with Gasteiger partial charge in [0.25, 0.3) is 5.91 Å². The average molecular weight is 328 g/mol. The number of aryl methyl sites for hydroxylation is 1. The Morgan fingerprint density at radius 1 is 1.38 bits per heavy atom. The molecule has 2 rings (SSSR count). The summed E-state index contributed by atoms with van der Waals surface area (Å²) in [6, 6.07) is 8.55. The molecule has 1 aromatic carbocycles. The molecule has 0 saturated carbocycles. The fourth-order valence-electron chi connectivity index (χ4n) is 2.00. The van der Waals surface area contributed by atoms with Gasteiger partial charge >= 0.3 is 0 Å². The second-order valence-electron chi connectivity index (χ2n) is 5.05. The smallest absolute Gasteiger partial charge is 0.279 e. The summed E-state index contributed by atoms with van der Waals surface area (Å²) in [5.74, 6) is -0.621. The molecule has 112 valence electrons. The molecular formula is C15H17ClFN2OS+. The Morgan fingerprint density at radius 3 is 2.76 bits per heavy atom. The Bertz CT molecular complexity index is 644. The highest BCUT2D eigenvalue weighted by Gasteiger charge is 2.13. The summed E-state index contributed by atoms with van der Waals surface area (Å²) in [6.45, 7) is 2.78. The van der Waals surface area contributed by atoms with Gasteiger partial charge in [0.15, 0.2) is 6.54 Å². The van der Waals surface area contributed by atoms with Gasteiger partial charge in [-0.3, -0.25) is 4.79 Å². The fraction of sp³-hybridized carbons (Fsp3) is 0.267. The molecule has 21 heavy (non-hydrogen) atoms. The van der Waals surface area contributed by atoms with E-state index < -0.39 is 5.82 Å². The van der Waals surface area contributed by atoms with E-state index >= 15 is 0 Å². The van der Waals surface area contributed by atoms with Gasteiger partial charge in [0, 0.05) is 0 Å². The Balaban J connectivity index is 1.89. The summed E-state index contributed by atoms with van der Waals surface area (Å²) in [5.41, 5.74) is 1.04. The minimum absolute atomic E-state index is 0.210. The van der Waals surface area contributed by atoms with Gasteiger partial charge in [-0.05, 0) is 36.8 Å². The third-order valence-electron chi connectivity index (χ3n) is 2.97. The van der Waals surface area contributed by atoms with Crippen LogP contribution in [0.4, 0.5) is 10.1 Å². The number of rotatable bonds is 5. The number of hydrogen-bond donors (Lipinski definition) is 2. The zero-order chi connectivity index (χ0) is 15.4. The van der Waals surface area contributed by atoms with Crippen LogP contribution in [0.15, 0.2) is 30.3 Å². The van der Waals surface area contributed by atoms with E-state index in [-0.39, 0.29) is 18.1 Å². The summed E-state index contributed by atoms with van der Waals surface area (Å²) in [6.07, 6.45) is 0. The molecule has 2 aromatic rings. The molecule has 1 aromatic heterocycles. The van der Waals surface area contributed by atoms with E-state index in [1.807, 2.05) is 19.2 Å². The molecule has 0 saturated heterocycles. The summed E-state index contributed by atoms with van der Waals surface area (Å²) in [7, 11) is 1.92. The first-order chi connectivity index (χ1) is 9.94. The Hall–Kier alpha value is -1.43. The van der Waals surface area contributed by atoms with Crippen LogP contribution in [0.3, 0.4) is 0 Å². The van der Waals surface area contributed by atoms with Crippen molar-refractivity contribution in [3.05, 3.63) is 50.9 Å². The molecule has 0 bridgehead atoms. The van der Waals surface area contributed by atoms with Gasteiger partial charge in [0.05, 0.1) is 21.9 Å². The number of anilines is 1. The highest BCUT2D eigenvalue weighted by atomic mass is 35.5. The topological polar surface area (TPSA) is 33.5 Å². The van der Waals surface area contributed by atoms with Crippen LogP contribution >= 0.6 is 22.9 Å². The zero-order valence-electron chi connectivity index (χ0n) is 11.9. The van der Waals surface area contributed by atoms with E-state index in [9.17, 15) is 9.18 Å². The van der Waals surface area contributed by atoms with Crippen LogP contribution in [0.2, 0.25) is 4.34 Å². The maximum atomic E-state index is 13.7. The van der Waals surface area contributed by atoms with Gasteiger partial charge < -0.3 is 10.2 Å². The van der Waals surface area contributed by atoms with Crippen LogP contribution in [0.1, 0.15) is 10.4 Å². The largest absolute Gasteiger partial charge is 0.325 e. The lowest BCUT2D eigenvalue weighted by molar-refractivity contribution is -0.884. The van der Waals surface area contributed by atoms with Crippen molar-refractivity contribution in [3.63, 3.8) is 0 Å². The molecule has 1 heterocycles. The number of carbonyl (C=O) groups is 1. The molecule has 1 amide bonds. The Kier molecular flexibility index (Phi) is 5.33. The van der Waals surface area contributed by atoms with E-state index in [1.165, 1.54) is 17.4 Å². The number of likely N-dealkylation sites (N-methyl/N-ethyl adjacent to an activating group) is 1. The third-order valence-corrected chi connectivity index (χ3v) is 4.20. The van der Waals surface area contributed by atoms with Crippen LogP contribution in [0, 0.1) is 12.7 Å². The molecule has 0 aliphatic carbocycles. The van der Waals surface area contributed by atoms with Crippen LogP contribution in [-0.2, 0) is 11.3 Å². The van der Waals surface area contributed by atoms with Crippen molar-refractivity contribution in [1.29, 1.82) is 0 Å². The quantitative estimate of drug-likeness (QED) is 0.869. The number of halogens is 2. The average Bonchev–Trinajstić information content (AvgIpc) is 2.78. The summed E-state index contributed by atoms with van der Waals surface area (Å²) in [5, 5.41) is 2.60. The molecular weight excluding hydrogens is 311 g/mol. The Labute approximate surface area is 132 Å². The normalized spacial score (nSPS) is 12.2. The Morgan fingerprint density at radius 2 is 2.14 bits per heavy atom. The maximum absolute atomic E-state index is 13.7. The molecule has 0 radical (unpaired) electrons. The van der Waals surface area contributed by atoms with E-state index in [4.69, 9.17) is 11.6 Å². The minimum atomic E-state index is -0.411. The van der Waals surface area contributed by atoms with Crippen molar-refractivity contribution in [2.45, 2.75) is 13.5 Å². The number of nitrogens with one attached hydrogen (secondary N) is 2. The summed E-state index contributed by atoms with van der Waals surface area (Å²) < 4.78 is 14.4. The van der Waals surface area contributed by atoms with Crippen LogP contribution in [0.25, 0.3) is 0 Å². The van der Waals surface area contributed by atoms with Crippen LogP contribution in [0.5, 0.6) is 0 Å². The highest BCUT2D eigenvalue weighted by molar-refractivity contribution is 7.16. The lowest BCUT2D eigenvalue weighted by Crippen LogP contribution is -3.08. The molecule has 0 fully saturated rings. The molecule has 0 aliphatic heterocycles. The van der Waals surface area contributed by atoms with E-state index in [1.54, 1.807) is 19.1 Å². The van der Waals surface area contributed by atoms with Crippen LogP contribution < -0.4 is 10.2 Å². The second-order valence-corrected chi connectivity index (χ2v) is 6.85. The van der Waals surface area contributed by atoms with Gasteiger partial charge in [-0.25, -0.2) is 4.39 Å². The van der Waals surface area contributed by atoms with Crippen LogP contribution in [-0.4, -0.2) is 19.5 Å². The first kappa shape index (κ1) is 15.9. The first-order valence-corrected chi connectivity index (χ1v) is 7.75. The van der Waals surface area contributed by atoms with Gasteiger partial charge in [-0.1, -0.05) is 17.7 Å². The number of amides is 1. The zero-order valence-corrected chi connectivity index (χ0v) is 13.4. The molecule has 6 heteroatoms. The predicted octanol–water partition coefficient (Wildman–Crippen LogP) is 2.50. The number of quaternary nitrogens is 1.